The quantitative estimate of drug-likeness (QED) is 0.534. The number of urea groups is 1. The predicted molar refractivity (Wildman–Crippen MR) is 94.8 cm³/mol. The molecule has 2 aromatic carbocycles. The molecule has 150 valence electrons. The van der Waals surface area contributed by atoms with E-state index in [-0.39, 0.29) is 17.3 Å². The van der Waals surface area contributed by atoms with Gasteiger partial charge in [0.2, 0.25) is 5.88 Å². The zero-order valence-corrected chi connectivity index (χ0v) is 14.4. The standard InChI is InChI=1S/C19H12F5N3O2/c20-11-7-8-14(13(21)10-11)26-18(28)27-15-5-3-9-25-17(15)29-16-6-2-1-4-12(16)19(22,23)24/h1-10H,(H2,26,27,28). The third-order valence-electron chi connectivity index (χ3n) is 3.60. The molecule has 0 saturated heterocycles. The van der Waals surface area contributed by atoms with Crippen LogP contribution in [0.4, 0.5) is 38.1 Å². The fourth-order valence-electron chi connectivity index (χ4n) is 2.33. The van der Waals surface area contributed by atoms with Gasteiger partial charge in [0.15, 0.2) is 0 Å². The van der Waals surface area contributed by atoms with Gasteiger partial charge in [0.05, 0.1) is 11.3 Å². The third-order valence-corrected chi connectivity index (χ3v) is 3.60. The molecule has 3 rings (SSSR count). The lowest BCUT2D eigenvalue weighted by Crippen LogP contribution is -2.20. The zero-order valence-electron chi connectivity index (χ0n) is 14.4. The topological polar surface area (TPSA) is 63.2 Å². The molecule has 0 bridgehead atoms. The minimum absolute atomic E-state index is 0.0653. The molecular formula is C19H12F5N3O2. The maximum atomic E-state index is 13.6. The van der Waals surface area contributed by atoms with Gasteiger partial charge in [-0.25, -0.2) is 18.6 Å². The number of alkyl halides is 3. The first-order valence-electron chi connectivity index (χ1n) is 8.06. The Hall–Kier alpha value is -3.69. The van der Waals surface area contributed by atoms with E-state index in [0.717, 1.165) is 24.3 Å². The van der Waals surface area contributed by atoms with Crippen LogP contribution in [0.1, 0.15) is 5.56 Å². The van der Waals surface area contributed by atoms with E-state index in [1.807, 2.05) is 0 Å². The number of aromatic nitrogens is 1. The van der Waals surface area contributed by atoms with Gasteiger partial charge in [0.25, 0.3) is 0 Å². The molecule has 1 aromatic heterocycles. The second kappa shape index (κ2) is 8.13. The van der Waals surface area contributed by atoms with E-state index in [4.69, 9.17) is 4.74 Å². The van der Waals surface area contributed by atoms with E-state index >= 15 is 0 Å². The van der Waals surface area contributed by atoms with Crippen LogP contribution in [0.3, 0.4) is 0 Å². The summed E-state index contributed by atoms with van der Waals surface area (Å²) in [7, 11) is 0. The Morgan fingerprint density at radius 2 is 1.66 bits per heavy atom. The molecule has 0 aliphatic carbocycles. The fraction of sp³-hybridized carbons (Fsp3) is 0.0526. The summed E-state index contributed by atoms with van der Waals surface area (Å²) in [6.07, 6.45) is -3.40. The van der Waals surface area contributed by atoms with Crippen LogP contribution >= 0.6 is 0 Å². The molecule has 2 amide bonds. The highest BCUT2D eigenvalue weighted by molar-refractivity contribution is 6.00. The smallest absolute Gasteiger partial charge is 0.419 e. The van der Waals surface area contributed by atoms with Crippen LogP contribution < -0.4 is 15.4 Å². The van der Waals surface area contributed by atoms with Gasteiger partial charge in [0, 0.05) is 12.3 Å². The van der Waals surface area contributed by atoms with Gasteiger partial charge in [-0.2, -0.15) is 13.2 Å². The number of hydrogen-bond donors (Lipinski definition) is 2. The Morgan fingerprint density at radius 1 is 0.931 bits per heavy atom. The number of nitrogens with one attached hydrogen (secondary N) is 2. The van der Waals surface area contributed by atoms with Crippen LogP contribution in [0.2, 0.25) is 0 Å². The molecule has 0 aliphatic heterocycles. The lowest BCUT2D eigenvalue weighted by Gasteiger charge is -2.15. The van der Waals surface area contributed by atoms with Crippen LogP contribution in [0.25, 0.3) is 0 Å². The largest absolute Gasteiger partial charge is 0.436 e. The van der Waals surface area contributed by atoms with Crippen molar-refractivity contribution in [3.8, 4) is 11.6 Å². The molecule has 0 spiro atoms. The molecule has 1 heterocycles. The molecule has 0 aliphatic rings. The molecule has 5 nitrogen and oxygen atoms in total. The van der Waals surface area contributed by atoms with Gasteiger partial charge < -0.3 is 15.4 Å². The van der Waals surface area contributed by atoms with Gasteiger partial charge in [-0.15, -0.1) is 0 Å². The van der Waals surface area contributed by atoms with Crippen LogP contribution in [0, 0.1) is 11.6 Å². The van der Waals surface area contributed by atoms with Crippen molar-refractivity contribution < 1.29 is 31.5 Å². The number of rotatable bonds is 4. The van der Waals surface area contributed by atoms with Crippen molar-refractivity contribution in [1.29, 1.82) is 0 Å². The normalized spacial score (nSPS) is 11.1. The Bertz CT molecular complexity index is 1040. The number of hydrogen-bond acceptors (Lipinski definition) is 3. The molecule has 0 radical (unpaired) electrons. The number of carbonyl (C=O) groups is 1. The number of halogens is 5. The summed E-state index contributed by atoms with van der Waals surface area (Å²) < 4.78 is 71.2. The fourth-order valence-corrected chi connectivity index (χ4v) is 2.33. The maximum Gasteiger partial charge on any atom is 0.419 e. The van der Waals surface area contributed by atoms with E-state index in [9.17, 15) is 26.7 Å². The summed E-state index contributed by atoms with van der Waals surface area (Å²) in [4.78, 5) is 15.9. The Morgan fingerprint density at radius 3 is 2.38 bits per heavy atom. The highest BCUT2D eigenvalue weighted by Gasteiger charge is 2.34. The van der Waals surface area contributed by atoms with Gasteiger partial charge in [0.1, 0.15) is 23.1 Å². The third kappa shape index (κ3) is 4.98. The molecule has 0 atom stereocenters. The summed E-state index contributed by atoms with van der Waals surface area (Å²) >= 11 is 0. The zero-order chi connectivity index (χ0) is 21.0. The summed E-state index contributed by atoms with van der Waals surface area (Å²) in [5.74, 6) is -2.63. The van der Waals surface area contributed by atoms with Crippen LogP contribution in [0.5, 0.6) is 11.6 Å². The van der Waals surface area contributed by atoms with Crippen LogP contribution in [-0.4, -0.2) is 11.0 Å². The number of nitrogens with zero attached hydrogens (tertiary/aromatic N) is 1. The Balaban J connectivity index is 1.80. The van der Waals surface area contributed by atoms with Crippen molar-refractivity contribution in [2.24, 2.45) is 0 Å². The van der Waals surface area contributed by atoms with E-state index < -0.39 is 35.2 Å². The number of carbonyl (C=O) groups excluding carboxylic acids is 1. The highest BCUT2D eigenvalue weighted by Crippen LogP contribution is 2.38. The monoisotopic (exact) mass is 409 g/mol. The highest BCUT2D eigenvalue weighted by atomic mass is 19.4. The van der Waals surface area contributed by atoms with Crippen LogP contribution in [-0.2, 0) is 6.18 Å². The van der Waals surface area contributed by atoms with E-state index in [1.165, 1.54) is 30.5 Å². The lowest BCUT2D eigenvalue weighted by atomic mass is 10.2. The summed E-state index contributed by atoms with van der Waals surface area (Å²) in [6.45, 7) is 0. The van der Waals surface area contributed by atoms with Crippen molar-refractivity contribution in [2.75, 3.05) is 10.6 Å². The number of benzene rings is 2. The molecule has 29 heavy (non-hydrogen) atoms. The second-order valence-corrected chi connectivity index (χ2v) is 5.66. The van der Waals surface area contributed by atoms with Crippen molar-refractivity contribution in [3.05, 3.63) is 78.0 Å². The lowest BCUT2D eigenvalue weighted by molar-refractivity contribution is -0.138. The molecule has 0 unspecified atom stereocenters. The molecule has 2 N–H and O–H groups in total. The number of pyridine rings is 1. The first kappa shape index (κ1) is 20.1. The molecule has 10 heteroatoms. The van der Waals surface area contributed by atoms with Gasteiger partial charge in [-0.3, -0.25) is 0 Å². The Kier molecular flexibility index (Phi) is 5.62. The Labute approximate surface area is 161 Å². The van der Waals surface area contributed by atoms with E-state index in [2.05, 4.69) is 15.6 Å². The maximum absolute atomic E-state index is 13.6. The van der Waals surface area contributed by atoms with Gasteiger partial charge in [-0.1, -0.05) is 12.1 Å². The number of anilines is 2. The summed E-state index contributed by atoms with van der Waals surface area (Å²) in [6, 6.07) is 8.87. The summed E-state index contributed by atoms with van der Waals surface area (Å²) in [5, 5.41) is 4.46. The minimum atomic E-state index is -4.66. The molecule has 0 saturated carbocycles. The predicted octanol–water partition coefficient (Wildman–Crippen LogP) is 5.81. The first-order chi connectivity index (χ1) is 13.7. The van der Waals surface area contributed by atoms with Crippen molar-refractivity contribution >= 4 is 17.4 Å². The van der Waals surface area contributed by atoms with Crippen molar-refractivity contribution in [1.82, 2.24) is 4.98 Å². The summed E-state index contributed by atoms with van der Waals surface area (Å²) in [5.41, 5.74) is -1.38. The van der Waals surface area contributed by atoms with Crippen molar-refractivity contribution in [3.63, 3.8) is 0 Å². The number of para-hydroxylation sites is 1. The second-order valence-electron chi connectivity index (χ2n) is 5.66. The van der Waals surface area contributed by atoms with Gasteiger partial charge >= 0.3 is 12.2 Å². The average Bonchev–Trinajstić information content (AvgIpc) is 2.65. The van der Waals surface area contributed by atoms with Gasteiger partial charge in [-0.05, 0) is 36.4 Å². The molecule has 3 aromatic rings. The number of ether oxygens (including phenoxy) is 1. The minimum Gasteiger partial charge on any atom is -0.436 e. The van der Waals surface area contributed by atoms with Crippen LogP contribution in [0.15, 0.2) is 60.8 Å². The molecular weight excluding hydrogens is 397 g/mol. The van der Waals surface area contributed by atoms with E-state index in [0.29, 0.717) is 6.07 Å². The van der Waals surface area contributed by atoms with E-state index in [1.54, 1.807) is 0 Å². The van der Waals surface area contributed by atoms with Crippen molar-refractivity contribution in [2.45, 2.75) is 6.18 Å². The average molecular weight is 409 g/mol. The molecule has 0 fully saturated rings. The SMILES string of the molecule is O=C(Nc1ccc(F)cc1F)Nc1cccnc1Oc1ccccc1C(F)(F)F. The first-order valence-corrected chi connectivity index (χ1v) is 8.06. The number of amides is 2.